The molecule has 0 bridgehead atoms. The van der Waals surface area contributed by atoms with Crippen molar-refractivity contribution in [2.75, 3.05) is 26.7 Å². The summed E-state index contributed by atoms with van der Waals surface area (Å²) in [6, 6.07) is 16.7. The van der Waals surface area contributed by atoms with Crippen LogP contribution in [0.1, 0.15) is 98.1 Å². The molecule has 7 nitrogen and oxygen atoms in total. The van der Waals surface area contributed by atoms with Crippen molar-refractivity contribution >= 4 is 49.0 Å². The van der Waals surface area contributed by atoms with E-state index in [0.717, 1.165) is 80.7 Å². The van der Waals surface area contributed by atoms with E-state index in [9.17, 15) is 19.1 Å². The minimum Gasteiger partial charge on any atom is -0.480 e. The second-order valence-corrected chi connectivity index (χ2v) is 13.6. The Kier molecular flexibility index (Phi) is 16.1. The quantitative estimate of drug-likeness (QED) is 0.192. The third-order valence-corrected chi connectivity index (χ3v) is 10.3. The first-order chi connectivity index (χ1) is 21.5. The summed E-state index contributed by atoms with van der Waals surface area (Å²) in [7, 11) is 1.95. The summed E-state index contributed by atoms with van der Waals surface area (Å²) >= 11 is 0. The van der Waals surface area contributed by atoms with Gasteiger partial charge in [-0.3, -0.25) is 19.2 Å². The van der Waals surface area contributed by atoms with Gasteiger partial charge in [0.25, 0.3) is 0 Å². The number of carbonyl (C=O) groups is 2. The zero-order valence-corrected chi connectivity index (χ0v) is 31.1. The predicted octanol–water partition coefficient (Wildman–Crippen LogP) is 7.88. The number of ketones is 1. The van der Waals surface area contributed by atoms with Crippen LogP contribution in [0.4, 0.5) is 4.39 Å². The molecule has 0 spiro atoms. The number of aromatic nitrogens is 2. The second kappa shape index (κ2) is 18.5. The molecular formula is C37H52Cl3FN4O3. The number of aryl methyl sites for hydroxylation is 1. The summed E-state index contributed by atoms with van der Waals surface area (Å²) in [4.78, 5) is 28.4. The van der Waals surface area contributed by atoms with Gasteiger partial charge in [-0.15, -0.1) is 37.2 Å². The zero-order chi connectivity index (χ0) is 32.2. The largest absolute Gasteiger partial charge is 0.480 e. The van der Waals surface area contributed by atoms with Gasteiger partial charge in [-0.1, -0.05) is 50.2 Å². The number of benzene rings is 2. The van der Waals surface area contributed by atoms with Gasteiger partial charge in [0.15, 0.2) is 5.78 Å². The lowest BCUT2D eigenvalue weighted by Gasteiger charge is -2.35. The lowest BCUT2D eigenvalue weighted by Crippen LogP contribution is -2.47. The number of nitrogens with zero attached hydrogens (tertiary/aromatic N) is 4. The third kappa shape index (κ3) is 9.81. The minimum atomic E-state index is -0.777. The fourth-order valence-corrected chi connectivity index (χ4v) is 7.90. The molecule has 3 unspecified atom stereocenters. The number of carboxylic acids is 1. The summed E-state index contributed by atoms with van der Waals surface area (Å²) in [6.07, 6.45) is 4.62. The highest BCUT2D eigenvalue weighted by atomic mass is 35.5. The molecule has 266 valence electrons. The molecule has 1 aliphatic heterocycles. The van der Waals surface area contributed by atoms with Crippen LogP contribution < -0.4 is 0 Å². The van der Waals surface area contributed by atoms with Crippen LogP contribution >= 0.6 is 37.2 Å². The Labute approximate surface area is 303 Å². The van der Waals surface area contributed by atoms with E-state index in [0.29, 0.717) is 11.8 Å². The number of likely N-dealkylation sites (N-methyl/N-ethyl adjacent to an activating group) is 1. The van der Waals surface area contributed by atoms with Gasteiger partial charge in [0.05, 0.1) is 5.69 Å². The molecule has 1 aliphatic carbocycles. The molecule has 2 aromatic carbocycles. The van der Waals surface area contributed by atoms with E-state index in [1.165, 1.54) is 11.8 Å². The highest BCUT2D eigenvalue weighted by molar-refractivity contribution is 5.94. The zero-order valence-electron chi connectivity index (χ0n) is 28.7. The van der Waals surface area contributed by atoms with Crippen LogP contribution in [0.25, 0.3) is 0 Å². The van der Waals surface area contributed by atoms with Crippen molar-refractivity contribution in [1.82, 2.24) is 19.6 Å². The van der Waals surface area contributed by atoms with Gasteiger partial charge >= 0.3 is 5.97 Å². The van der Waals surface area contributed by atoms with Crippen LogP contribution in [0, 0.1) is 17.7 Å². The molecule has 1 saturated carbocycles. The number of likely N-dealkylation sites (tertiary alicyclic amines) is 1. The van der Waals surface area contributed by atoms with Crippen molar-refractivity contribution in [1.29, 1.82) is 0 Å². The number of carboxylic acid groups (broad SMARTS) is 1. The lowest BCUT2D eigenvalue weighted by atomic mass is 9.87. The first kappa shape index (κ1) is 41.7. The molecule has 2 heterocycles. The highest BCUT2D eigenvalue weighted by Gasteiger charge is 2.42. The van der Waals surface area contributed by atoms with E-state index in [1.807, 2.05) is 51.2 Å². The Bertz CT molecular complexity index is 1480. The SMILES string of the molecule is CCn1nc(Cc2ccc(C(C)=O)cc2)cc1C1CCN(CC2CC(N(C)[C@@H](C(=O)O)C(C)C)CC2c2cccc(F)c2)CC1.Cl.Cl.Cl. The fraction of sp³-hybridized carbons (Fsp3) is 0.541. The van der Waals surface area contributed by atoms with Gasteiger partial charge in [0.1, 0.15) is 11.9 Å². The van der Waals surface area contributed by atoms with Crippen LogP contribution in [-0.4, -0.2) is 75.2 Å². The molecule has 1 N–H and O–H groups in total. The third-order valence-electron chi connectivity index (χ3n) is 10.3. The molecule has 2 fully saturated rings. The molecule has 0 radical (unpaired) electrons. The lowest BCUT2D eigenvalue weighted by molar-refractivity contribution is -0.145. The Morgan fingerprint density at radius 3 is 2.25 bits per heavy atom. The Balaban J connectivity index is 0.00000267. The van der Waals surface area contributed by atoms with Crippen LogP contribution in [0.3, 0.4) is 0 Å². The molecule has 1 aromatic heterocycles. The van der Waals surface area contributed by atoms with E-state index in [2.05, 4.69) is 27.5 Å². The van der Waals surface area contributed by atoms with E-state index in [-0.39, 0.29) is 66.7 Å². The summed E-state index contributed by atoms with van der Waals surface area (Å²) in [5, 5.41) is 14.9. The van der Waals surface area contributed by atoms with Crippen molar-refractivity contribution in [3.63, 3.8) is 0 Å². The number of hydrogen-bond donors (Lipinski definition) is 1. The van der Waals surface area contributed by atoms with E-state index in [4.69, 9.17) is 5.10 Å². The summed E-state index contributed by atoms with van der Waals surface area (Å²) < 4.78 is 16.5. The summed E-state index contributed by atoms with van der Waals surface area (Å²) in [5.41, 5.74) is 5.27. The Morgan fingerprint density at radius 1 is 1.02 bits per heavy atom. The van der Waals surface area contributed by atoms with E-state index < -0.39 is 12.0 Å². The Morgan fingerprint density at radius 2 is 1.69 bits per heavy atom. The average Bonchev–Trinajstić information content (AvgIpc) is 3.61. The van der Waals surface area contributed by atoms with Crippen molar-refractivity contribution in [3.05, 3.63) is 88.5 Å². The maximum Gasteiger partial charge on any atom is 0.321 e. The summed E-state index contributed by atoms with van der Waals surface area (Å²) in [6.45, 7) is 11.4. The number of piperidine rings is 1. The van der Waals surface area contributed by atoms with Crippen LogP contribution in [0.15, 0.2) is 54.6 Å². The minimum absolute atomic E-state index is 0. The Hall–Kier alpha value is -2.49. The van der Waals surface area contributed by atoms with Crippen molar-refractivity contribution in [2.24, 2.45) is 11.8 Å². The molecule has 4 atom stereocenters. The molecule has 5 rings (SSSR count). The van der Waals surface area contributed by atoms with Gasteiger partial charge in [-0.05, 0) is 107 Å². The highest BCUT2D eigenvalue weighted by Crippen LogP contribution is 2.43. The second-order valence-electron chi connectivity index (χ2n) is 13.6. The number of carbonyl (C=O) groups excluding carboxylic acids is 1. The predicted molar refractivity (Wildman–Crippen MR) is 197 cm³/mol. The first-order valence-corrected chi connectivity index (χ1v) is 16.6. The monoisotopic (exact) mass is 724 g/mol. The van der Waals surface area contributed by atoms with Gasteiger partial charge in [0, 0.05) is 42.7 Å². The van der Waals surface area contributed by atoms with Crippen molar-refractivity contribution in [2.45, 2.75) is 90.3 Å². The standard InChI is InChI=1S/C37H49FN4O3.3ClH/c1-6-42-35(21-32(39-42)18-26-10-12-27(13-11-26)25(4)43)28-14-16-41(17-15-28)23-30-20-33(40(5)36(24(2)3)37(44)45)22-34(30)29-8-7-9-31(38)19-29;;;/h7-13,19,21,24,28,30,33-34,36H,6,14-18,20,22-23H2,1-5H3,(H,44,45);3*1H/t30?,33?,34?,36-;;;/m1.../s1. The van der Waals surface area contributed by atoms with Gasteiger partial charge < -0.3 is 10.0 Å². The van der Waals surface area contributed by atoms with Crippen molar-refractivity contribution < 1.29 is 19.1 Å². The topological polar surface area (TPSA) is 78.7 Å². The maximum atomic E-state index is 14.3. The van der Waals surface area contributed by atoms with Crippen LogP contribution in [0.2, 0.25) is 0 Å². The molecule has 0 amide bonds. The van der Waals surface area contributed by atoms with E-state index >= 15 is 0 Å². The van der Waals surface area contributed by atoms with Crippen molar-refractivity contribution in [3.8, 4) is 0 Å². The van der Waals surface area contributed by atoms with Gasteiger partial charge in [-0.2, -0.15) is 5.10 Å². The molecule has 2 aliphatic rings. The first-order valence-electron chi connectivity index (χ1n) is 16.6. The maximum absolute atomic E-state index is 14.3. The number of hydrogen-bond acceptors (Lipinski definition) is 5. The van der Waals surface area contributed by atoms with Gasteiger partial charge in [-0.25, -0.2) is 4.39 Å². The number of Topliss-reactive ketones (excluding diaryl/α,β-unsaturated/α-hetero) is 1. The smallest absolute Gasteiger partial charge is 0.321 e. The molecule has 48 heavy (non-hydrogen) atoms. The number of rotatable bonds is 12. The van der Waals surface area contributed by atoms with Crippen LogP contribution in [0.5, 0.6) is 0 Å². The normalized spacial score (nSPS) is 20.5. The molecular weight excluding hydrogens is 674 g/mol. The molecule has 1 saturated heterocycles. The molecule has 3 aromatic rings. The van der Waals surface area contributed by atoms with Crippen LogP contribution in [-0.2, 0) is 17.8 Å². The van der Waals surface area contributed by atoms with E-state index in [1.54, 1.807) is 19.1 Å². The number of halogens is 4. The van der Waals surface area contributed by atoms with Gasteiger partial charge in [0.2, 0.25) is 0 Å². The average molecular weight is 726 g/mol. The fourth-order valence-electron chi connectivity index (χ4n) is 7.90. The molecule has 11 heteroatoms. The number of aliphatic carboxylic acids is 1. The summed E-state index contributed by atoms with van der Waals surface area (Å²) in [5.74, 6) is 0.0673.